The fraction of sp³-hybridized carbons (Fsp3) is 0.750. The Kier molecular flexibility index (Phi) is 4.46. The SMILES string of the molecule is CC(C)n1cc(NS(=O)(=O)CC2CCNCC2)cn1. The summed E-state index contributed by atoms with van der Waals surface area (Å²) in [6.07, 6.45) is 5.13. The second kappa shape index (κ2) is 5.92. The molecule has 1 aliphatic rings. The Morgan fingerprint density at radius 2 is 2.16 bits per heavy atom. The van der Waals surface area contributed by atoms with Gasteiger partial charge in [0, 0.05) is 12.2 Å². The summed E-state index contributed by atoms with van der Waals surface area (Å²) in [6.45, 7) is 5.82. The Labute approximate surface area is 114 Å². The molecule has 1 fully saturated rings. The molecule has 2 N–H and O–H groups in total. The smallest absolute Gasteiger partial charge is 0.233 e. The minimum atomic E-state index is -3.28. The van der Waals surface area contributed by atoms with Gasteiger partial charge in [-0.3, -0.25) is 9.40 Å². The molecule has 6 nitrogen and oxygen atoms in total. The summed E-state index contributed by atoms with van der Waals surface area (Å²) in [5, 5.41) is 7.36. The van der Waals surface area contributed by atoms with Crippen molar-refractivity contribution < 1.29 is 8.42 Å². The number of rotatable bonds is 5. The summed E-state index contributed by atoms with van der Waals surface area (Å²) < 4.78 is 28.5. The maximum Gasteiger partial charge on any atom is 0.233 e. The van der Waals surface area contributed by atoms with Crippen molar-refractivity contribution in [3.8, 4) is 0 Å². The molecule has 0 saturated carbocycles. The van der Waals surface area contributed by atoms with Crippen LogP contribution in [-0.2, 0) is 10.0 Å². The molecule has 2 heterocycles. The molecule has 1 aliphatic heterocycles. The lowest BCUT2D eigenvalue weighted by molar-refractivity contribution is 0.402. The van der Waals surface area contributed by atoms with E-state index in [1.54, 1.807) is 17.1 Å². The zero-order valence-corrected chi connectivity index (χ0v) is 12.3. The lowest BCUT2D eigenvalue weighted by Gasteiger charge is -2.22. The molecule has 1 saturated heterocycles. The van der Waals surface area contributed by atoms with E-state index in [4.69, 9.17) is 0 Å². The molecule has 7 heteroatoms. The van der Waals surface area contributed by atoms with E-state index in [0.717, 1.165) is 25.9 Å². The normalized spacial score (nSPS) is 17.8. The fourth-order valence-electron chi connectivity index (χ4n) is 2.25. The number of hydrogen-bond acceptors (Lipinski definition) is 4. The average Bonchev–Trinajstić information content (AvgIpc) is 2.77. The van der Waals surface area contributed by atoms with E-state index >= 15 is 0 Å². The second-order valence-corrected chi connectivity index (χ2v) is 7.15. The van der Waals surface area contributed by atoms with Gasteiger partial charge in [-0.25, -0.2) is 8.42 Å². The third kappa shape index (κ3) is 4.21. The summed E-state index contributed by atoms with van der Waals surface area (Å²) in [4.78, 5) is 0. The van der Waals surface area contributed by atoms with Crippen molar-refractivity contribution in [1.82, 2.24) is 15.1 Å². The van der Waals surface area contributed by atoms with Gasteiger partial charge in [0.2, 0.25) is 10.0 Å². The van der Waals surface area contributed by atoms with Crippen LogP contribution in [0.25, 0.3) is 0 Å². The molecule has 0 amide bonds. The van der Waals surface area contributed by atoms with Gasteiger partial charge < -0.3 is 5.32 Å². The summed E-state index contributed by atoms with van der Waals surface area (Å²) in [6, 6.07) is 0.225. The number of aromatic nitrogens is 2. The van der Waals surface area contributed by atoms with Crippen LogP contribution >= 0.6 is 0 Å². The van der Waals surface area contributed by atoms with Crippen molar-refractivity contribution in [2.45, 2.75) is 32.7 Å². The number of nitrogens with one attached hydrogen (secondary N) is 2. The molecule has 0 unspecified atom stereocenters. The first-order chi connectivity index (χ1) is 8.96. The van der Waals surface area contributed by atoms with E-state index in [-0.39, 0.29) is 17.7 Å². The molecule has 0 bridgehead atoms. The number of anilines is 1. The van der Waals surface area contributed by atoms with Crippen molar-refractivity contribution in [2.24, 2.45) is 5.92 Å². The predicted molar refractivity (Wildman–Crippen MR) is 75.6 cm³/mol. The maximum absolute atomic E-state index is 12.1. The van der Waals surface area contributed by atoms with E-state index < -0.39 is 10.0 Å². The maximum atomic E-state index is 12.1. The predicted octanol–water partition coefficient (Wildman–Crippen LogP) is 1.21. The van der Waals surface area contributed by atoms with Gasteiger partial charge >= 0.3 is 0 Å². The van der Waals surface area contributed by atoms with Crippen LogP contribution < -0.4 is 10.0 Å². The highest BCUT2D eigenvalue weighted by molar-refractivity contribution is 7.92. The van der Waals surface area contributed by atoms with E-state index in [1.165, 1.54) is 0 Å². The molecule has 0 radical (unpaired) electrons. The molecular formula is C12H22N4O2S. The van der Waals surface area contributed by atoms with Gasteiger partial charge in [0.05, 0.1) is 17.6 Å². The highest BCUT2D eigenvalue weighted by Crippen LogP contribution is 2.17. The van der Waals surface area contributed by atoms with Gasteiger partial charge in [0.25, 0.3) is 0 Å². The number of hydrogen-bond donors (Lipinski definition) is 2. The molecule has 108 valence electrons. The minimum absolute atomic E-state index is 0.196. The Bertz CT molecular complexity index is 504. The Morgan fingerprint density at radius 1 is 1.47 bits per heavy atom. The molecule has 0 spiro atoms. The molecule has 2 rings (SSSR count). The zero-order chi connectivity index (χ0) is 13.9. The Hall–Kier alpha value is -1.08. The van der Waals surface area contributed by atoms with Crippen LogP contribution in [-0.4, -0.2) is 37.0 Å². The highest BCUT2D eigenvalue weighted by atomic mass is 32.2. The first kappa shape index (κ1) is 14.3. The standard InChI is InChI=1S/C12H22N4O2S/c1-10(2)16-8-12(7-14-16)15-19(17,18)9-11-3-5-13-6-4-11/h7-8,10-11,13,15H,3-6,9H2,1-2H3. The molecular weight excluding hydrogens is 264 g/mol. The largest absolute Gasteiger partial charge is 0.317 e. The monoisotopic (exact) mass is 286 g/mol. The molecule has 0 atom stereocenters. The number of nitrogens with zero attached hydrogens (tertiary/aromatic N) is 2. The third-order valence-corrected chi connectivity index (χ3v) is 4.77. The quantitative estimate of drug-likeness (QED) is 0.853. The Balaban J connectivity index is 1.95. The van der Waals surface area contributed by atoms with Gasteiger partial charge in [-0.15, -0.1) is 0 Å². The van der Waals surface area contributed by atoms with Gasteiger partial charge in [-0.05, 0) is 45.7 Å². The van der Waals surface area contributed by atoms with E-state index in [0.29, 0.717) is 5.69 Å². The summed E-state index contributed by atoms with van der Waals surface area (Å²) >= 11 is 0. The van der Waals surface area contributed by atoms with Crippen LogP contribution in [0.5, 0.6) is 0 Å². The van der Waals surface area contributed by atoms with Crippen LogP contribution in [0.1, 0.15) is 32.7 Å². The second-order valence-electron chi connectivity index (χ2n) is 5.38. The molecule has 0 aliphatic carbocycles. The van der Waals surface area contributed by atoms with Crippen molar-refractivity contribution in [2.75, 3.05) is 23.6 Å². The molecule has 0 aromatic carbocycles. The van der Waals surface area contributed by atoms with E-state index in [2.05, 4.69) is 15.1 Å². The molecule has 1 aromatic heterocycles. The van der Waals surface area contributed by atoms with Crippen LogP contribution in [0, 0.1) is 5.92 Å². The fourth-order valence-corrected chi connectivity index (χ4v) is 3.75. The van der Waals surface area contributed by atoms with Gasteiger partial charge in [-0.1, -0.05) is 0 Å². The third-order valence-electron chi connectivity index (χ3n) is 3.32. The summed E-state index contributed by atoms with van der Waals surface area (Å²) in [5.41, 5.74) is 0.544. The lowest BCUT2D eigenvalue weighted by Crippen LogP contribution is -2.32. The van der Waals surface area contributed by atoms with Crippen molar-refractivity contribution in [3.05, 3.63) is 12.4 Å². The first-order valence-electron chi connectivity index (χ1n) is 6.71. The minimum Gasteiger partial charge on any atom is -0.317 e. The van der Waals surface area contributed by atoms with E-state index in [1.807, 2.05) is 13.8 Å². The van der Waals surface area contributed by atoms with Gasteiger partial charge in [-0.2, -0.15) is 5.10 Å². The summed E-state index contributed by atoms with van der Waals surface area (Å²) in [5.74, 6) is 0.445. The van der Waals surface area contributed by atoms with Crippen molar-refractivity contribution in [1.29, 1.82) is 0 Å². The van der Waals surface area contributed by atoms with Crippen LogP contribution in [0.4, 0.5) is 5.69 Å². The number of sulfonamides is 1. The van der Waals surface area contributed by atoms with E-state index in [9.17, 15) is 8.42 Å². The molecule has 19 heavy (non-hydrogen) atoms. The van der Waals surface area contributed by atoms with Crippen molar-refractivity contribution >= 4 is 15.7 Å². The topological polar surface area (TPSA) is 76.0 Å². The zero-order valence-electron chi connectivity index (χ0n) is 11.5. The highest BCUT2D eigenvalue weighted by Gasteiger charge is 2.21. The van der Waals surface area contributed by atoms with Crippen LogP contribution in [0.3, 0.4) is 0 Å². The van der Waals surface area contributed by atoms with Gasteiger partial charge in [0.15, 0.2) is 0 Å². The van der Waals surface area contributed by atoms with Crippen LogP contribution in [0.15, 0.2) is 12.4 Å². The molecule has 1 aromatic rings. The average molecular weight is 286 g/mol. The van der Waals surface area contributed by atoms with Crippen molar-refractivity contribution in [3.63, 3.8) is 0 Å². The summed E-state index contributed by atoms with van der Waals surface area (Å²) in [7, 11) is -3.28. The Morgan fingerprint density at radius 3 is 2.74 bits per heavy atom. The lowest BCUT2D eigenvalue weighted by atomic mass is 10.0. The first-order valence-corrected chi connectivity index (χ1v) is 8.37. The number of piperidine rings is 1. The van der Waals surface area contributed by atoms with Gasteiger partial charge in [0.1, 0.15) is 0 Å². The van der Waals surface area contributed by atoms with Crippen LogP contribution in [0.2, 0.25) is 0 Å².